The minimum Gasteiger partial charge on any atom is -0.497 e. The molecule has 9 heteroatoms. The molecule has 2 aromatic rings. The first-order chi connectivity index (χ1) is 12.9. The zero-order chi connectivity index (χ0) is 19.8. The van der Waals surface area contributed by atoms with Gasteiger partial charge in [-0.15, -0.1) is 11.3 Å². The van der Waals surface area contributed by atoms with Crippen molar-refractivity contribution in [1.82, 2.24) is 4.98 Å². The van der Waals surface area contributed by atoms with Crippen molar-refractivity contribution in [2.45, 2.75) is 26.4 Å². The first-order valence-corrected chi connectivity index (χ1v) is 9.06. The van der Waals surface area contributed by atoms with Crippen LogP contribution in [-0.2, 0) is 25.5 Å². The average molecular weight is 392 g/mol. The van der Waals surface area contributed by atoms with E-state index < -0.39 is 18.0 Å². The van der Waals surface area contributed by atoms with Crippen molar-refractivity contribution in [3.8, 4) is 5.75 Å². The molecule has 1 amide bonds. The number of carbonyl (C=O) groups excluding carboxylic acids is 3. The molecule has 1 heterocycles. The Kier molecular flexibility index (Phi) is 7.30. The number of hydrogen-bond donors (Lipinski definition) is 1. The topological polar surface area (TPSA) is 104 Å². The van der Waals surface area contributed by atoms with Gasteiger partial charge in [-0.3, -0.25) is 14.9 Å². The average Bonchev–Trinajstić information content (AvgIpc) is 3.08. The van der Waals surface area contributed by atoms with Crippen LogP contribution in [0.15, 0.2) is 29.6 Å². The number of nitrogens with one attached hydrogen (secondary N) is 1. The number of ether oxygens (including phenoxy) is 3. The number of benzene rings is 1. The summed E-state index contributed by atoms with van der Waals surface area (Å²) in [7, 11) is 1.52. The smallest absolute Gasteiger partial charge is 0.338 e. The van der Waals surface area contributed by atoms with Gasteiger partial charge in [0.25, 0.3) is 5.91 Å². The summed E-state index contributed by atoms with van der Waals surface area (Å²) in [5, 5.41) is 4.53. The van der Waals surface area contributed by atoms with Crippen LogP contribution in [-0.4, -0.2) is 42.7 Å². The first kappa shape index (κ1) is 20.4. The fourth-order valence-electron chi connectivity index (χ4n) is 2.02. The maximum absolute atomic E-state index is 12.2. The van der Waals surface area contributed by atoms with Gasteiger partial charge >= 0.3 is 11.9 Å². The van der Waals surface area contributed by atoms with E-state index in [4.69, 9.17) is 14.2 Å². The molecule has 1 aromatic carbocycles. The van der Waals surface area contributed by atoms with E-state index in [-0.39, 0.29) is 12.4 Å². The molecule has 0 spiro atoms. The molecule has 1 atom stereocenters. The number of aromatic nitrogens is 1. The molecule has 0 saturated carbocycles. The number of thiazole rings is 1. The van der Waals surface area contributed by atoms with E-state index in [2.05, 4.69) is 10.3 Å². The van der Waals surface area contributed by atoms with E-state index in [1.165, 1.54) is 25.4 Å². The first-order valence-electron chi connectivity index (χ1n) is 8.18. The van der Waals surface area contributed by atoms with Gasteiger partial charge in [0.1, 0.15) is 5.75 Å². The lowest BCUT2D eigenvalue weighted by Crippen LogP contribution is -2.30. The second kappa shape index (κ2) is 9.67. The van der Waals surface area contributed by atoms with Crippen molar-refractivity contribution in [1.29, 1.82) is 0 Å². The molecule has 0 aliphatic heterocycles. The standard InChI is InChI=1S/C18H20N2O6S/c1-4-25-15(21)9-13-10-27-18(19-13)20-16(22)11(2)26-17(23)12-5-7-14(24-3)8-6-12/h5-8,10-11H,4,9H2,1-3H3,(H,19,20,22). The monoisotopic (exact) mass is 392 g/mol. The quantitative estimate of drug-likeness (QED) is 0.688. The number of nitrogens with zero attached hydrogens (tertiary/aromatic N) is 1. The van der Waals surface area contributed by atoms with Gasteiger partial charge in [-0.05, 0) is 38.1 Å². The van der Waals surface area contributed by atoms with Gasteiger partial charge in [0, 0.05) is 5.38 Å². The number of amides is 1. The number of carbonyl (C=O) groups is 3. The summed E-state index contributed by atoms with van der Waals surface area (Å²) < 4.78 is 15.0. The Hall–Kier alpha value is -2.94. The van der Waals surface area contributed by atoms with Crippen LogP contribution < -0.4 is 10.1 Å². The summed E-state index contributed by atoms with van der Waals surface area (Å²) in [5.74, 6) is -0.918. The highest BCUT2D eigenvalue weighted by atomic mass is 32.1. The van der Waals surface area contributed by atoms with Crippen LogP contribution in [0.2, 0.25) is 0 Å². The molecule has 0 aliphatic carbocycles. The zero-order valence-electron chi connectivity index (χ0n) is 15.2. The van der Waals surface area contributed by atoms with E-state index in [1.54, 1.807) is 36.6 Å². The Morgan fingerprint density at radius 1 is 1.22 bits per heavy atom. The predicted octanol–water partition coefficient (Wildman–Crippen LogP) is 2.44. The van der Waals surface area contributed by atoms with E-state index in [0.717, 1.165) is 0 Å². The van der Waals surface area contributed by atoms with Crippen LogP contribution in [0, 0.1) is 0 Å². The van der Waals surface area contributed by atoms with Crippen molar-refractivity contribution in [2.75, 3.05) is 19.0 Å². The Labute approximate surface area is 160 Å². The minimum absolute atomic E-state index is 0.0300. The van der Waals surface area contributed by atoms with Gasteiger partial charge < -0.3 is 14.2 Å². The van der Waals surface area contributed by atoms with E-state index in [0.29, 0.717) is 28.7 Å². The number of rotatable bonds is 8. The van der Waals surface area contributed by atoms with Gasteiger partial charge in [-0.25, -0.2) is 9.78 Å². The van der Waals surface area contributed by atoms with Crippen molar-refractivity contribution in [2.24, 2.45) is 0 Å². The molecule has 0 radical (unpaired) electrons. The second-order valence-corrected chi connectivity index (χ2v) is 6.25. The van der Waals surface area contributed by atoms with Crippen LogP contribution >= 0.6 is 11.3 Å². The van der Waals surface area contributed by atoms with Crippen LogP contribution in [0.4, 0.5) is 5.13 Å². The maximum Gasteiger partial charge on any atom is 0.338 e. The third-order valence-corrected chi connectivity index (χ3v) is 4.20. The molecule has 1 unspecified atom stereocenters. The zero-order valence-corrected chi connectivity index (χ0v) is 16.0. The Bertz CT molecular complexity index is 802. The van der Waals surface area contributed by atoms with Crippen molar-refractivity contribution in [3.05, 3.63) is 40.9 Å². The van der Waals surface area contributed by atoms with Gasteiger partial charge in [-0.1, -0.05) is 0 Å². The number of anilines is 1. The van der Waals surface area contributed by atoms with Crippen molar-refractivity contribution in [3.63, 3.8) is 0 Å². The summed E-state index contributed by atoms with van der Waals surface area (Å²) in [4.78, 5) is 39.9. The van der Waals surface area contributed by atoms with Gasteiger partial charge in [0.05, 0.1) is 31.4 Å². The van der Waals surface area contributed by atoms with E-state index in [1.807, 2.05) is 0 Å². The molecule has 0 aliphatic rings. The summed E-state index contributed by atoms with van der Waals surface area (Å²) in [6.45, 7) is 3.48. The fraction of sp³-hybridized carbons (Fsp3) is 0.333. The lowest BCUT2D eigenvalue weighted by molar-refractivity contribution is -0.142. The summed E-state index contributed by atoms with van der Waals surface area (Å²) in [5.41, 5.74) is 0.804. The maximum atomic E-state index is 12.2. The summed E-state index contributed by atoms with van der Waals surface area (Å²) >= 11 is 1.17. The Morgan fingerprint density at radius 2 is 1.93 bits per heavy atom. The number of hydrogen-bond acceptors (Lipinski definition) is 8. The molecule has 0 saturated heterocycles. The van der Waals surface area contributed by atoms with Crippen LogP contribution in [0.5, 0.6) is 5.75 Å². The molecular formula is C18H20N2O6S. The molecule has 1 N–H and O–H groups in total. The van der Waals surface area contributed by atoms with Crippen LogP contribution in [0.3, 0.4) is 0 Å². The molecular weight excluding hydrogens is 372 g/mol. The Balaban J connectivity index is 1.88. The van der Waals surface area contributed by atoms with Crippen LogP contribution in [0.1, 0.15) is 29.9 Å². The second-order valence-electron chi connectivity index (χ2n) is 5.39. The minimum atomic E-state index is -1.02. The molecule has 8 nitrogen and oxygen atoms in total. The lowest BCUT2D eigenvalue weighted by Gasteiger charge is -2.12. The molecule has 2 rings (SSSR count). The highest BCUT2D eigenvalue weighted by molar-refractivity contribution is 7.13. The largest absolute Gasteiger partial charge is 0.497 e. The van der Waals surface area contributed by atoms with Crippen molar-refractivity contribution < 1.29 is 28.6 Å². The van der Waals surface area contributed by atoms with Gasteiger partial charge in [0.15, 0.2) is 11.2 Å². The van der Waals surface area contributed by atoms with Gasteiger partial charge in [-0.2, -0.15) is 0 Å². The molecule has 0 bridgehead atoms. The molecule has 0 fully saturated rings. The summed E-state index contributed by atoms with van der Waals surface area (Å²) in [6, 6.07) is 6.35. The van der Waals surface area contributed by atoms with Gasteiger partial charge in [0.2, 0.25) is 0 Å². The third-order valence-electron chi connectivity index (χ3n) is 3.39. The summed E-state index contributed by atoms with van der Waals surface area (Å²) in [6.07, 6.45) is -0.987. The predicted molar refractivity (Wildman–Crippen MR) is 99.0 cm³/mol. The lowest BCUT2D eigenvalue weighted by atomic mass is 10.2. The molecule has 144 valence electrons. The fourth-order valence-corrected chi connectivity index (χ4v) is 2.73. The van der Waals surface area contributed by atoms with E-state index >= 15 is 0 Å². The highest BCUT2D eigenvalue weighted by Gasteiger charge is 2.20. The third kappa shape index (κ3) is 6.07. The number of esters is 2. The SMILES string of the molecule is CCOC(=O)Cc1csc(NC(=O)C(C)OC(=O)c2ccc(OC)cc2)n1. The van der Waals surface area contributed by atoms with Crippen molar-refractivity contribution >= 4 is 34.3 Å². The molecule has 27 heavy (non-hydrogen) atoms. The normalized spacial score (nSPS) is 11.4. The highest BCUT2D eigenvalue weighted by Crippen LogP contribution is 2.17. The number of methoxy groups -OCH3 is 1. The Morgan fingerprint density at radius 3 is 2.56 bits per heavy atom. The van der Waals surface area contributed by atoms with Crippen LogP contribution in [0.25, 0.3) is 0 Å². The molecule has 1 aromatic heterocycles. The van der Waals surface area contributed by atoms with E-state index in [9.17, 15) is 14.4 Å².